The number of hydrogen-bond acceptors (Lipinski definition) is 4. The van der Waals surface area contributed by atoms with E-state index in [9.17, 15) is 13.2 Å². The van der Waals surface area contributed by atoms with Crippen LogP contribution in [0.4, 0.5) is 11.4 Å². The third-order valence-electron chi connectivity index (χ3n) is 5.62. The molecule has 0 aliphatic carbocycles. The summed E-state index contributed by atoms with van der Waals surface area (Å²) in [7, 11) is -2.27. The van der Waals surface area contributed by atoms with Gasteiger partial charge in [-0.2, -0.15) is 0 Å². The quantitative estimate of drug-likeness (QED) is 0.563. The summed E-state index contributed by atoms with van der Waals surface area (Å²) in [5.74, 6) is -0.167. The van der Waals surface area contributed by atoms with Crippen LogP contribution in [-0.4, -0.2) is 52.5 Å². The Morgan fingerprint density at radius 3 is 2.19 bits per heavy atom. The molecule has 1 aliphatic rings. The molecule has 3 aromatic carbocycles. The number of nitrogens with zero attached hydrogens (tertiary/aromatic N) is 3. The van der Waals surface area contributed by atoms with E-state index >= 15 is 0 Å². The van der Waals surface area contributed by atoms with Crippen LogP contribution in [0.15, 0.2) is 83.8 Å². The summed E-state index contributed by atoms with van der Waals surface area (Å²) in [6, 6.07) is 22.8. The highest BCUT2D eigenvalue weighted by Gasteiger charge is 2.25. The molecule has 1 fully saturated rings. The highest BCUT2D eigenvalue weighted by molar-refractivity contribution is 7.92. The second-order valence-electron chi connectivity index (χ2n) is 7.59. The molecule has 1 saturated heterocycles. The van der Waals surface area contributed by atoms with Crippen LogP contribution in [0.1, 0.15) is 10.4 Å². The van der Waals surface area contributed by atoms with Gasteiger partial charge in [0.25, 0.3) is 15.9 Å². The molecule has 6 nitrogen and oxygen atoms in total. The summed E-state index contributed by atoms with van der Waals surface area (Å²) in [6.07, 6.45) is 0. The normalized spacial score (nSPS) is 14.3. The number of sulfonamides is 1. The molecule has 8 heteroatoms. The fourth-order valence-corrected chi connectivity index (χ4v) is 5.09. The number of amides is 1. The van der Waals surface area contributed by atoms with Crippen LogP contribution in [-0.2, 0) is 10.0 Å². The lowest BCUT2D eigenvalue weighted by Gasteiger charge is -2.36. The van der Waals surface area contributed by atoms with Gasteiger partial charge in [0.15, 0.2) is 0 Å². The molecular weight excluding hydrogens is 446 g/mol. The Balaban J connectivity index is 1.47. The van der Waals surface area contributed by atoms with Crippen molar-refractivity contribution in [1.29, 1.82) is 0 Å². The van der Waals surface area contributed by atoms with Crippen LogP contribution in [0.2, 0.25) is 5.02 Å². The second-order valence-corrected chi connectivity index (χ2v) is 10.00. The summed E-state index contributed by atoms with van der Waals surface area (Å²) in [5.41, 5.74) is 1.99. The monoisotopic (exact) mass is 469 g/mol. The molecule has 1 heterocycles. The van der Waals surface area contributed by atoms with Gasteiger partial charge in [-0.1, -0.05) is 35.9 Å². The Morgan fingerprint density at radius 1 is 0.875 bits per heavy atom. The third-order valence-corrected chi connectivity index (χ3v) is 7.65. The highest BCUT2D eigenvalue weighted by atomic mass is 35.5. The van der Waals surface area contributed by atoms with Gasteiger partial charge in [0, 0.05) is 49.5 Å². The maximum Gasteiger partial charge on any atom is 0.264 e. The Bertz CT molecular complexity index is 1190. The smallest absolute Gasteiger partial charge is 0.264 e. The van der Waals surface area contributed by atoms with Gasteiger partial charge >= 0.3 is 0 Å². The van der Waals surface area contributed by atoms with E-state index in [-0.39, 0.29) is 10.8 Å². The average Bonchev–Trinajstić information content (AvgIpc) is 2.84. The van der Waals surface area contributed by atoms with Crippen LogP contribution in [0.3, 0.4) is 0 Å². The maximum absolute atomic E-state index is 13.1. The molecule has 0 radical (unpaired) electrons. The first kappa shape index (κ1) is 22.2. The van der Waals surface area contributed by atoms with Gasteiger partial charge in [-0.25, -0.2) is 8.42 Å². The Labute approximate surface area is 193 Å². The first-order valence-electron chi connectivity index (χ1n) is 10.3. The minimum atomic E-state index is -3.78. The third kappa shape index (κ3) is 4.59. The minimum absolute atomic E-state index is 0.0921. The number of halogens is 1. The predicted octanol–water partition coefficient (Wildman–Crippen LogP) is 4.13. The van der Waals surface area contributed by atoms with Crippen molar-refractivity contribution >= 4 is 38.9 Å². The van der Waals surface area contributed by atoms with Gasteiger partial charge in [-0.05, 0) is 54.6 Å². The SMILES string of the molecule is CN(c1ccccc1)S(=O)(=O)c1cccc(C(=O)N2CCN(c3ccc(Cl)cc3)CC2)c1. The van der Waals surface area contributed by atoms with E-state index in [0.29, 0.717) is 42.5 Å². The topological polar surface area (TPSA) is 60.9 Å². The van der Waals surface area contributed by atoms with Crippen molar-refractivity contribution in [3.63, 3.8) is 0 Å². The largest absolute Gasteiger partial charge is 0.368 e. The maximum atomic E-state index is 13.1. The summed E-state index contributed by atoms with van der Waals surface area (Å²) in [4.78, 5) is 17.1. The minimum Gasteiger partial charge on any atom is -0.368 e. The van der Waals surface area contributed by atoms with E-state index < -0.39 is 10.0 Å². The van der Waals surface area contributed by atoms with E-state index in [1.807, 2.05) is 30.3 Å². The number of anilines is 2. The zero-order chi connectivity index (χ0) is 22.7. The number of carbonyl (C=O) groups is 1. The molecule has 166 valence electrons. The van der Waals surface area contributed by atoms with Crippen molar-refractivity contribution in [2.45, 2.75) is 4.90 Å². The number of carbonyl (C=O) groups excluding carboxylic acids is 1. The number of para-hydroxylation sites is 1. The van der Waals surface area contributed by atoms with Crippen molar-refractivity contribution in [3.05, 3.63) is 89.4 Å². The molecule has 0 bridgehead atoms. The standard InChI is InChI=1S/C24H24ClN3O3S/c1-26(21-7-3-2-4-8-21)32(30,31)23-9-5-6-19(18-23)24(29)28-16-14-27(15-17-28)22-12-10-20(25)11-13-22/h2-13,18H,14-17H2,1H3. The summed E-state index contributed by atoms with van der Waals surface area (Å²) < 4.78 is 27.4. The molecule has 4 rings (SSSR count). The number of piperazine rings is 1. The van der Waals surface area contributed by atoms with Crippen molar-refractivity contribution in [2.75, 3.05) is 42.4 Å². The molecule has 1 amide bonds. The van der Waals surface area contributed by atoms with Crippen LogP contribution in [0.5, 0.6) is 0 Å². The second kappa shape index (κ2) is 9.22. The molecule has 32 heavy (non-hydrogen) atoms. The number of benzene rings is 3. The van der Waals surface area contributed by atoms with E-state index in [1.54, 1.807) is 41.3 Å². The molecule has 0 N–H and O–H groups in total. The number of rotatable bonds is 5. The summed E-state index contributed by atoms with van der Waals surface area (Å²) >= 11 is 5.97. The van der Waals surface area contributed by atoms with Gasteiger partial charge in [0.1, 0.15) is 0 Å². The van der Waals surface area contributed by atoms with Crippen molar-refractivity contribution < 1.29 is 13.2 Å². The lowest BCUT2D eigenvalue weighted by Crippen LogP contribution is -2.48. The highest BCUT2D eigenvalue weighted by Crippen LogP contribution is 2.24. The van der Waals surface area contributed by atoms with Gasteiger partial charge in [-0.15, -0.1) is 0 Å². The first-order valence-corrected chi connectivity index (χ1v) is 12.1. The lowest BCUT2D eigenvalue weighted by molar-refractivity contribution is 0.0746. The van der Waals surface area contributed by atoms with Crippen LogP contribution in [0.25, 0.3) is 0 Å². The van der Waals surface area contributed by atoms with Gasteiger partial charge in [0.05, 0.1) is 10.6 Å². The lowest BCUT2D eigenvalue weighted by atomic mass is 10.1. The molecule has 1 aliphatic heterocycles. The molecule has 0 unspecified atom stereocenters. The molecule has 0 spiro atoms. The Hall–Kier alpha value is -3.03. The van der Waals surface area contributed by atoms with Crippen LogP contribution < -0.4 is 9.21 Å². The van der Waals surface area contributed by atoms with Gasteiger partial charge in [-0.3, -0.25) is 9.10 Å². The van der Waals surface area contributed by atoms with Gasteiger partial charge in [0.2, 0.25) is 0 Å². The fraction of sp³-hybridized carbons (Fsp3) is 0.208. The molecule has 0 aromatic heterocycles. The first-order chi connectivity index (χ1) is 15.4. The van der Waals surface area contributed by atoms with E-state index in [2.05, 4.69) is 4.90 Å². The zero-order valence-corrected chi connectivity index (χ0v) is 19.3. The van der Waals surface area contributed by atoms with Crippen molar-refractivity contribution in [1.82, 2.24) is 4.90 Å². The molecule has 0 atom stereocenters. The van der Waals surface area contributed by atoms with Crippen molar-refractivity contribution in [3.8, 4) is 0 Å². The number of hydrogen-bond donors (Lipinski definition) is 0. The molecule has 0 saturated carbocycles. The van der Waals surface area contributed by atoms with E-state index in [4.69, 9.17) is 11.6 Å². The summed E-state index contributed by atoms with van der Waals surface area (Å²) in [5, 5.41) is 0.690. The Morgan fingerprint density at radius 2 is 1.53 bits per heavy atom. The molecular formula is C24H24ClN3O3S. The summed E-state index contributed by atoms with van der Waals surface area (Å²) in [6.45, 7) is 2.51. The predicted molar refractivity (Wildman–Crippen MR) is 128 cm³/mol. The van der Waals surface area contributed by atoms with Gasteiger partial charge < -0.3 is 9.80 Å². The van der Waals surface area contributed by atoms with Crippen LogP contribution >= 0.6 is 11.6 Å². The zero-order valence-electron chi connectivity index (χ0n) is 17.7. The van der Waals surface area contributed by atoms with Crippen molar-refractivity contribution in [2.24, 2.45) is 0 Å². The molecule has 3 aromatic rings. The Kier molecular flexibility index (Phi) is 6.39. The van der Waals surface area contributed by atoms with Crippen LogP contribution in [0, 0.1) is 0 Å². The van der Waals surface area contributed by atoms with E-state index in [0.717, 1.165) is 5.69 Å². The fourth-order valence-electron chi connectivity index (χ4n) is 3.73. The van der Waals surface area contributed by atoms with E-state index in [1.165, 1.54) is 23.5 Å². The average molecular weight is 470 g/mol.